The molecule has 0 aromatic heterocycles. The summed E-state index contributed by atoms with van der Waals surface area (Å²) in [6.45, 7) is 0.762. The van der Waals surface area contributed by atoms with Crippen LogP contribution in [0, 0.1) is 11.8 Å². The zero-order valence-corrected chi connectivity index (χ0v) is 9.95. The lowest BCUT2D eigenvalue weighted by molar-refractivity contribution is 0.768. The molecule has 2 N–H and O–H groups in total. The Bertz CT molecular complexity index is 546. The largest absolute Gasteiger partial charge is 0.330 e. The number of fused-ring (bicyclic) bond motifs is 1. The summed E-state index contributed by atoms with van der Waals surface area (Å²) in [6, 6.07) is 14.7. The van der Waals surface area contributed by atoms with Gasteiger partial charge in [-0.05, 0) is 42.3 Å². The predicted octanol–water partition coefficient (Wildman–Crippen LogP) is 3.32. The second kappa shape index (κ2) is 6.08. The maximum atomic E-state index is 5.44. The fraction of sp³-hybridized carbons (Fsp3) is 0.250. The van der Waals surface area contributed by atoms with Crippen LogP contribution in [0.1, 0.15) is 24.8 Å². The average Bonchev–Trinajstić information content (AvgIpc) is 2.38. The third-order valence-electron chi connectivity index (χ3n) is 2.74. The molecule has 17 heavy (non-hydrogen) atoms. The van der Waals surface area contributed by atoms with E-state index in [0.717, 1.165) is 31.4 Å². The molecule has 0 amide bonds. The Kier molecular flexibility index (Phi) is 4.18. The molecule has 0 radical (unpaired) electrons. The van der Waals surface area contributed by atoms with E-state index in [2.05, 4.69) is 54.3 Å². The van der Waals surface area contributed by atoms with Gasteiger partial charge in [0.05, 0.1) is 0 Å². The number of nitrogens with two attached hydrogens (primary N) is 1. The van der Waals surface area contributed by atoms with Gasteiger partial charge in [-0.3, -0.25) is 0 Å². The third-order valence-corrected chi connectivity index (χ3v) is 2.74. The quantitative estimate of drug-likeness (QED) is 0.627. The number of hydrogen-bond acceptors (Lipinski definition) is 1. The maximum absolute atomic E-state index is 5.44. The molecule has 0 unspecified atom stereocenters. The summed E-state index contributed by atoms with van der Waals surface area (Å²) < 4.78 is 0. The summed E-state index contributed by atoms with van der Waals surface area (Å²) in [5.74, 6) is 6.40. The smallest absolute Gasteiger partial charge is 0.0251 e. The normalized spacial score (nSPS) is 9.94. The van der Waals surface area contributed by atoms with Gasteiger partial charge < -0.3 is 5.73 Å². The predicted molar refractivity (Wildman–Crippen MR) is 73.7 cm³/mol. The highest BCUT2D eigenvalue weighted by Gasteiger charge is 1.92. The highest BCUT2D eigenvalue weighted by Crippen LogP contribution is 2.14. The van der Waals surface area contributed by atoms with Crippen LogP contribution in [0.5, 0.6) is 0 Å². The van der Waals surface area contributed by atoms with Crippen LogP contribution in [-0.2, 0) is 0 Å². The molecule has 1 nitrogen and oxygen atoms in total. The molecule has 0 aliphatic heterocycles. The molecular weight excluding hydrogens is 206 g/mol. The highest BCUT2D eigenvalue weighted by atomic mass is 14.5. The van der Waals surface area contributed by atoms with E-state index in [9.17, 15) is 0 Å². The Hall–Kier alpha value is -1.78. The fourth-order valence-electron chi connectivity index (χ4n) is 1.79. The standard InChI is InChI=1S/C16H17N/c17-12-6-2-1-3-7-14-10-11-15-8-4-5-9-16(15)13-14/h4-5,8-11,13H,1-2,6,12,17H2. The van der Waals surface area contributed by atoms with E-state index in [-0.39, 0.29) is 0 Å². The molecule has 0 aliphatic rings. The molecule has 0 bridgehead atoms. The molecule has 2 aromatic carbocycles. The van der Waals surface area contributed by atoms with Crippen LogP contribution in [0.3, 0.4) is 0 Å². The lowest BCUT2D eigenvalue weighted by atomic mass is 10.1. The van der Waals surface area contributed by atoms with Crippen molar-refractivity contribution in [3.63, 3.8) is 0 Å². The Morgan fingerprint density at radius 1 is 0.941 bits per heavy atom. The molecule has 0 saturated carbocycles. The molecule has 0 atom stereocenters. The SMILES string of the molecule is NCCCCC#Cc1ccc2ccccc2c1. The van der Waals surface area contributed by atoms with Crippen molar-refractivity contribution in [3.8, 4) is 11.8 Å². The van der Waals surface area contributed by atoms with Crippen LogP contribution in [-0.4, -0.2) is 6.54 Å². The minimum atomic E-state index is 0.762. The minimum Gasteiger partial charge on any atom is -0.330 e. The maximum Gasteiger partial charge on any atom is 0.0251 e. The molecule has 86 valence electrons. The number of rotatable bonds is 3. The summed E-state index contributed by atoms with van der Waals surface area (Å²) >= 11 is 0. The lowest BCUT2D eigenvalue weighted by Crippen LogP contribution is -1.96. The van der Waals surface area contributed by atoms with Crippen molar-refractivity contribution in [1.82, 2.24) is 0 Å². The van der Waals surface area contributed by atoms with Crippen LogP contribution in [0.4, 0.5) is 0 Å². The van der Waals surface area contributed by atoms with Crippen LogP contribution in [0.2, 0.25) is 0 Å². The van der Waals surface area contributed by atoms with E-state index < -0.39 is 0 Å². The number of hydrogen-bond donors (Lipinski definition) is 1. The Balaban J connectivity index is 2.08. The van der Waals surface area contributed by atoms with Crippen LogP contribution >= 0.6 is 0 Å². The van der Waals surface area contributed by atoms with Crippen molar-refractivity contribution >= 4 is 10.8 Å². The molecule has 1 heteroatoms. The topological polar surface area (TPSA) is 26.0 Å². The van der Waals surface area contributed by atoms with Gasteiger partial charge >= 0.3 is 0 Å². The lowest BCUT2D eigenvalue weighted by Gasteiger charge is -1.97. The van der Waals surface area contributed by atoms with Crippen molar-refractivity contribution < 1.29 is 0 Å². The van der Waals surface area contributed by atoms with E-state index in [1.54, 1.807) is 0 Å². The monoisotopic (exact) mass is 223 g/mol. The average molecular weight is 223 g/mol. The van der Waals surface area contributed by atoms with Crippen molar-refractivity contribution in [3.05, 3.63) is 48.0 Å². The van der Waals surface area contributed by atoms with Crippen LogP contribution in [0.15, 0.2) is 42.5 Å². The number of benzene rings is 2. The van der Waals surface area contributed by atoms with Gasteiger partial charge in [-0.15, -0.1) is 0 Å². The summed E-state index contributed by atoms with van der Waals surface area (Å²) in [4.78, 5) is 0. The molecule has 0 fully saturated rings. The molecule has 0 aliphatic carbocycles. The van der Waals surface area contributed by atoms with Gasteiger partial charge in [-0.1, -0.05) is 42.2 Å². The first kappa shape index (κ1) is 11.7. The molecule has 0 saturated heterocycles. The van der Waals surface area contributed by atoms with Crippen LogP contribution < -0.4 is 5.73 Å². The van der Waals surface area contributed by atoms with E-state index in [4.69, 9.17) is 5.73 Å². The summed E-state index contributed by atoms with van der Waals surface area (Å²) in [6.07, 6.45) is 3.09. The van der Waals surface area contributed by atoms with Crippen molar-refractivity contribution in [1.29, 1.82) is 0 Å². The van der Waals surface area contributed by atoms with Crippen molar-refractivity contribution in [2.24, 2.45) is 5.73 Å². The van der Waals surface area contributed by atoms with Gasteiger partial charge in [-0.25, -0.2) is 0 Å². The Labute approximate surface area is 103 Å². The summed E-state index contributed by atoms with van der Waals surface area (Å²) in [5, 5.41) is 2.52. The first-order chi connectivity index (χ1) is 8.40. The summed E-state index contributed by atoms with van der Waals surface area (Å²) in [7, 11) is 0. The summed E-state index contributed by atoms with van der Waals surface area (Å²) in [5.41, 5.74) is 6.53. The second-order valence-corrected chi connectivity index (χ2v) is 4.11. The first-order valence-corrected chi connectivity index (χ1v) is 6.08. The van der Waals surface area contributed by atoms with Crippen molar-refractivity contribution in [2.75, 3.05) is 6.54 Å². The first-order valence-electron chi connectivity index (χ1n) is 6.08. The van der Waals surface area contributed by atoms with Gasteiger partial charge in [0, 0.05) is 12.0 Å². The molecule has 0 spiro atoms. The van der Waals surface area contributed by atoms with E-state index in [1.807, 2.05) is 0 Å². The zero-order chi connectivity index (χ0) is 11.9. The fourth-order valence-corrected chi connectivity index (χ4v) is 1.79. The van der Waals surface area contributed by atoms with E-state index in [0.29, 0.717) is 0 Å². The Morgan fingerprint density at radius 3 is 2.59 bits per heavy atom. The minimum absolute atomic E-state index is 0.762. The van der Waals surface area contributed by atoms with Gasteiger partial charge in [0.2, 0.25) is 0 Å². The zero-order valence-electron chi connectivity index (χ0n) is 9.95. The van der Waals surface area contributed by atoms with E-state index in [1.165, 1.54) is 10.8 Å². The van der Waals surface area contributed by atoms with Gasteiger partial charge in [0.25, 0.3) is 0 Å². The molecule has 2 aromatic rings. The van der Waals surface area contributed by atoms with Crippen LogP contribution in [0.25, 0.3) is 10.8 Å². The second-order valence-electron chi connectivity index (χ2n) is 4.11. The third kappa shape index (κ3) is 3.34. The Morgan fingerprint density at radius 2 is 1.76 bits per heavy atom. The van der Waals surface area contributed by atoms with Gasteiger partial charge in [0.1, 0.15) is 0 Å². The van der Waals surface area contributed by atoms with Crippen molar-refractivity contribution in [2.45, 2.75) is 19.3 Å². The molecular formula is C16H17N. The molecule has 0 heterocycles. The number of unbranched alkanes of at least 4 members (excludes halogenated alkanes) is 2. The van der Waals surface area contributed by atoms with Gasteiger partial charge in [0.15, 0.2) is 0 Å². The molecule has 2 rings (SSSR count). The highest BCUT2D eigenvalue weighted by molar-refractivity contribution is 5.83. The van der Waals surface area contributed by atoms with E-state index >= 15 is 0 Å². The van der Waals surface area contributed by atoms with Gasteiger partial charge in [-0.2, -0.15) is 0 Å².